The summed E-state index contributed by atoms with van der Waals surface area (Å²) in [6.45, 7) is 2.42. The molecule has 0 aliphatic heterocycles. The van der Waals surface area contributed by atoms with Gasteiger partial charge in [0, 0.05) is 18.1 Å². The van der Waals surface area contributed by atoms with Crippen LogP contribution in [0.25, 0.3) is 0 Å². The first-order chi connectivity index (χ1) is 10.1. The van der Waals surface area contributed by atoms with E-state index in [1.165, 1.54) is 0 Å². The molecule has 0 heterocycles. The van der Waals surface area contributed by atoms with Crippen LogP contribution in [0.4, 0.5) is 4.79 Å². The van der Waals surface area contributed by atoms with E-state index in [9.17, 15) is 4.79 Å². The van der Waals surface area contributed by atoms with Crippen LogP contribution < -0.4 is 4.74 Å². The van der Waals surface area contributed by atoms with Crippen molar-refractivity contribution in [2.24, 2.45) is 0 Å². The summed E-state index contributed by atoms with van der Waals surface area (Å²) in [6.07, 6.45) is -1.32. The quantitative estimate of drug-likeness (QED) is 0.672. The van der Waals surface area contributed by atoms with Crippen molar-refractivity contribution in [3.63, 3.8) is 0 Å². The Morgan fingerprint density at radius 1 is 1.10 bits per heavy atom. The molecule has 110 valence electrons. The van der Waals surface area contributed by atoms with Crippen LogP contribution in [0.1, 0.15) is 18.1 Å². The lowest BCUT2D eigenvalue weighted by atomic mass is 9.76. The average Bonchev–Trinajstić information content (AvgIpc) is 2.48. The Labute approximate surface area is 123 Å². The Morgan fingerprint density at radius 3 is 2.33 bits per heavy atom. The SMILES string of the molecule is COCC(C)(c1ccccc1)c1ccccc1OC(=O)O. The first-order valence-corrected chi connectivity index (χ1v) is 6.62. The van der Waals surface area contributed by atoms with Gasteiger partial charge in [0.2, 0.25) is 0 Å². The Bertz CT molecular complexity index is 609. The Morgan fingerprint density at radius 2 is 1.71 bits per heavy atom. The monoisotopic (exact) mass is 286 g/mol. The fourth-order valence-electron chi connectivity index (χ4n) is 2.52. The molecule has 0 aliphatic rings. The van der Waals surface area contributed by atoms with E-state index in [-0.39, 0.29) is 0 Å². The number of rotatable bonds is 5. The zero-order valence-corrected chi connectivity index (χ0v) is 12.1. The second kappa shape index (κ2) is 6.41. The number of carbonyl (C=O) groups is 1. The molecule has 0 amide bonds. The number of carboxylic acid groups (broad SMARTS) is 1. The molecule has 4 nitrogen and oxygen atoms in total. The van der Waals surface area contributed by atoms with Crippen molar-refractivity contribution in [3.8, 4) is 5.75 Å². The van der Waals surface area contributed by atoms with Gasteiger partial charge in [0.15, 0.2) is 0 Å². The predicted molar refractivity (Wildman–Crippen MR) is 79.9 cm³/mol. The molecule has 2 rings (SSSR count). The van der Waals surface area contributed by atoms with Crippen molar-refractivity contribution < 1.29 is 19.4 Å². The molecular formula is C17H18O4. The minimum absolute atomic E-state index is 0.327. The lowest BCUT2D eigenvalue weighted by molar-refractivity contribution is 0.138. The molecule has 0 bridgehead atoms. The summed E-state index contributed by atoms with van der Waals surface area (Å²) in [7, 11) is 1.63. The molecule has 0 fully saturated rings. The smallest absolute Gasteiger partial charge is 0.449 e. The third-order valence-electron chi connectivity index (χ3n) is 3.52. The largest absolute Gasteiger partial charge is 0.511 e. The van der Waals surface area contributed by atoms with Crippen molar-refractivity contribution >= 4 is 6.16 Å². The summed E-state index contributed by atoms with van der Waals surface area (Å²) in [6, 6.07) is 17.0. The van der Waals surface area contributed by atoms with Crippen molar-refractivity contribution in [3.05, 3.63) is 65.7 Å². The predicted octanol–water partition coefficient (Wildman–Crippen LogP) is 3.70. The summed E-state index contributed by atoms with van der Waals surface area (Å²) >= 11 is 0. The zero-order valence-electron chi connectivity index (χ0n) is 12.1. The molecule has 0 saturated carbocycles. The average molecular weight is 286 g/mol. The molecular weight excluding hydrogens is 268 g/mol. The highest BCUT2D eigenvalue weighted by Gasteiger charge is 2.32. The highest BCUT2D eigenvalue weighted by molar-refractivity contribution is 5.63. The van der Waals surface area contributed by atoms with Gasteiger partial charge in [0.25, 0.3) is 0 Å². The van der Waals surface area contributed by atoms with Gasteiger partial charge in [-0.15, -0.1) is 0 Å². The van der Waals surface area contributed by atoms with E-state index in [1.54, 1.807) is 19.2 Å². The van der Waals surface area contributed by atoms with Gasteiger partial charge in [0.1, 0.15) is 5.75 Å². The number of hydrogen-bond donors (Lipinski definition) is 1. The summed E-state index contributed by atoms with van der Waals surface area (Å²) in [5, 5.41) is 8.90. The van der Waals surface area contributed by atoms with Crippen LogP contribution in [0.3, 0.4) is 0 Å². The van der Waals surface area contributed by atoms with Gasteiger partial charge in [-0.05, 0) is 18.6 Å². The van der Waals surface area contributed by atoms with E-state index < -0.39 is 11.6 Å². The van der Waals surface area contributed by atoms with Crippen LogP contribution in [0, 0.1) is 0 Å². The van der Waals surface area contributed by atoms with Crippen molar-refractivity contribution in [1.29, 1.82) is 0 Å². The molecule has 4 heteroatoms. The van der Waals surface area contributed by atoms with Gasteiger partial charge < -0.3 is 14.6 Å². The summed E-state index contributed by atoms with van der Waals surface area (Å²) in [5.74, 6) is 0.327. The maximum atomic E-state index is 10.9. The molecule has 0 aliphatic carbocycles. The number of hydrogen-bond acceptors (Lipinski definition) is 3. The normalized spacial score (nSPS) is 13.4. The Balaban J connectivity index is 2.55. The van der Waals surface area contributed by atoms with Gasteiger partial charge in [-0.2, -0.15) is 0 Å². The fraction of sp³-hybridized carbons (Fsp3) is 0.235. The van der Waals surface area contributed by atoms with E-state index in [1.807, 2.05) is 49.4 Å². The molecule has 0 radical (unpaired) electrons. The second-order valence-electron chi connectivity index (χ2n) is 5.00. The van der Waals surface area contributed by atoms with E-state index in [2.05, 4.69) is 0 Å². The Hall–Kier alpha value is -2.33. The van der Waals surface area contributed by atoms with Crippen molar-refractivity contribution in [2.45, 2.75) is 12.3 Å². The summed E-state index contributed by atoms with van der Waals surface area (Å²) < 4.78 is 10.3. The topological polar surface area (TPSA) is 55.8 Å². The van der Waals surface area contributed by atoms with Crippen LogP contribution in [-0.2, 0) is 10.2 Å². The molecule has 0 saturated heterocycles. The van der Waals surface area contributed by atoms with Crippen LogP contribution in [0.5, 0.6) is 5.75 Å². The first-order valence-electron chi connectivity index (χ1n) is 6.62. The highest BCUT2D eigenvalue weighted by Crippen LogP contribution is 2.37. The lowest BCUT2D eigenvalue weighted by Gasteiger charge is -2.31. The summed E-state index contributed by atoms with van der Waals surface area (Å²) in [4.78, 5) is 10.9. The second-order valence-corrected chi connectivity index (χ2v) is 5.00. The molecule has 0 spiro atoms. The fourth-order valence-corrected chi connectivity index (χ4v) is 2.52. The highest BCUT2D eigenvalue weighted by atomic mass is 16.7. The minimum atomic E-state index is -1.32. The molecule has 1 unspecified atom stereocenters. The third kappa shape index (κ3) is 3.23. The molecule has 1 N–H and O–H groups in total. The van der Waals surface area contributed by atoms with Gasteiger partial charge in [-0.3, -0.25) is 0 Å². The number of methoxy groups -OCH3 is 1. The first kappa shape index (κ1) is 15.1. The molecule has 2 aromatic rings. The van der Waals surface area contributed by atoms with Gasteiger partial charge in [0.05, 0.1) is 6.61 Å². The molecule has 1 atom stereocenters. The maximum Gasteiger partial charge on any atom is 0.511 e. The van der Waals surface area contributed by atoms with E-state index in [0.29, 0.717) is 12.4 Å². The maximum absolute atomic E-state index is 10.9. The van der Waals surface area contributed by atoms with Crippen LogP contribution in [-0.4, -0.2) is 25.0 Å². The minimum Gasteiger partial charge on any atom is -0.449 e. The molecule has 21 heavy (non-hydrogen) atoms. The number of para-hydroxylation sites is 1. The van der Waals surface area contributed by atoms with Gasteiger partial charge in [-0.1, -0.05) is 48.5 Å². The van der Waals surface area contributed by atoms with Gasteiger partial charge >= 0.3 is 6.16 Å². The standard InChI is InChI=1S/C17H18O4/c1-17(12-20-2,13-8-4-3-5-9-13)14-10-6-7-11-15(14)21-16(18)19/h3-11H,12H2,1-2H3,(H,18,19). The lowest BCUT2D eigenvalue weighted by Crippen LogP contribution is -2.30. The number of ether oxygens (including phenoxy) is 2. The van der Waals surface area contributed by atoms with Crippen LogP contribution in [0.15, 0.2) is 54.6 Å². The third-order valence-corrected chi connectivity index (χ3v) is 3.52. The van der Waals surface area contributed by atoms with Crippen LogP contribution >= 0.6 is 0 Å². The molecule has 0 aromatic heterocycles. The van der Waals surface area contributed by atoms with Crippen molar-refractivity contribution in [1.82, 2.24) is 0 Å². The zero-order chi connectivity index (χ0) is 15.3. The molecule has 2 aromatic carbocycles. The van der Waals surface area contributed by atoms with Crippen molar-refractivity contribution in [2.75, 3.05) is 13.7 Å². The van der Waals surface area contributed by atoms with E-state index in [0.717, 1.165) is 11.1 Å². The van der Waals surface area contributed by atoms with Gasteiger partial charge in [-0.25, -0.2) is 4.79 Å². The van der Waals surface area contributed by atoms with E-state index in [4.69, 9.17) is 14.6 Å². The summed E-state index contributed by atoms with van der Waals surface area (Å²) in [5.41, 5.74) is 1.32. The van der Waals surface area contributed by atoms with Crippen LogP contribution in [0.2, 0.25) is 0 Å². The number of benzene rings is 2. The Kier molecular flexibility index (Phi) is 4.60. The van der Waals surface area contributed by atoms with E-state index >= 15 is 0 Å².